The summed E-state index contributed by atoms with van der Waals surface area (Å²) in [6.07, 6.45) is 19.4. The number of allylic oxidation sites excluding steroid dienone is 2. The van der Waals surface area contributed by atoms with Gasteiger partial charge in [0.2, 0.25) is 5.91 Å². The molecule has 14 heteroatoms. The first-order chi connectivity index (χ1) is 18.2. The van der Waals surface area contributed by atoms with E-state index in [0.717, 1.165) is 32.1 Å². The van der Waals surface area contributed by atoms with E-state index in [9.17, 15) is 24.6 Å². The minimum atomic E-state index is -1.47. The van der Waals surface area contributed by atoms with E-state index in [2.05, 4.69) is 24.4 Å². The normalized spacial score (nSPS) is 9.47. The molecule has 0 aliphatic carbocycles. The molecule has 0 aliphatic rings. The molecule has 0 heterocycles. The van der Waals surface area contributed by atoms with Gasteiger partial charge in [0.05, 0.1) is 12.0 Å². The average molecular weight is 635 g/mol. The van der Waals surface area contributed by atoms with Crippen molar-refractivity contribution in [2.75, 3.05) is 19.8 Å². The lowest BCUT2D eigenvalue weighted by Gasteiger charge is -2.19. The van der Waals surface area contributed by atoms with Crippen LogP contribution in [0, 0.1) is 0 Å². The van der Waals surface area contributed by atoms with E-state index in [1.807, 2.05) is 0 Å². The van der Waals surface area contributed by atoms with E-state index in [4.69, 9.17) is 15.3 Å². The number of carboxylic acids is 2. The Kier molecular flexibility index (Phi) is 88.1. The van der Waals surface area contributed by atoms with Crippen LogP contribution in [0.15, 0.2) is 12.2 Å². The van der Waals surface area contributed by atoms with Crippen molar-refractivity contribution >= 4 is 17.8 Å². The van der Waals surface area contributed by atoms with Crippen molar-refractivity contribution in [2.24, 2.45) is 0 Å². The maximum Gasteiger partial charge on any atom is 0.220 e. The lowest BCUT2D eigenvalue weighted by molar-refractivity contribution is -0.362. The van der Waals surface area contributed by atoms with Crippen LogP contribution in [0.4, 0.5) is 0 Å². The molecule has 21 N–H and O–H groups in total. The predicted molar refractivity (Wildman–Crippen MR) is 172 cm³/mol. The average Bonchev–Trinajstić information content (AvgIpc) is 2.85. The summed E-state index contributed by atoms with van der Waals surface area (Å²) in [7, 11) is 0. The van der Waals surface area contributed by atoms with Crippen molar-refractivity contribution < 1.29 is 39.9 Å². The van der Waals surface area contributed by atoms with Gasteiger partial charge in [0.25, 0.3) is 0 Å². The zero-order chi connectivity index (χ0) is 29.9. The van der Waals surface area contributed by atoms with Crippen LogP contribution in [0.2, 0.25) is 0 Å². The molecule has 0 spiro atoms. The number of amides is 1. The Hall–Kier alpha value is -2.17. The molecule has 0 saturated carbocycles. The number of aliphatic carboxylic acids is 2. The van der Waals surface area contributed by atoms with E-state index in [1.165, 1.54) is 44.9 Å². The highest BCUT2D eigenvalue weighted by atomic mass is 16.4. The van der Waals surface area contributed by atoms with Gasteiger partial charge < -0.3 is 71.2 Å². The van der Waals surface area contributed by atoms with Gasteiger partial charge in [-0.15, -0.1) is 19.8 Å². The maximum atomic E-state index is 11.8. The van der Waals surface area contributed by atoms with Gasteiger partial charge in [-0.05, 0) is 44.9 Å². The molecule has 0 fully saturated rings. The van der Waals surface area contributed by atoms with E-state index >= 15 is 0 Å². The summed E-state index contributed by atoms with van der Waals surface area (Å²) in [5.41, 5.74) is 0. The van der Waals surface area contributed by atoms with Crippen LogP contribution >= 0.6 is 0 Å². The summed E-state index contributed by atoms with van der Waals surface area (Å²) >= 11 is 0. The molecule has 0 saturated heterocycles. The Morgan fingerprint density at radius 3 is 1.28 bits per heavy atom. The van der Waals surface area contributed by atoms with E-state index < -0.39 is 24.4 Å². The van der Waals surface area contributed by atoms with Gasteiger partial charge >= 0.3 is 0 Å². The van der Waals surface area contributed by atoms with Crippen LogP contribution in [-0.4, -0.2) is 43.7 Å². The van der Waals surface area contributed by atoms with Gasteiger partial charge in [-0.3, -0.25) is 4.79 Å². The fraction of sp³-hybridized carbons (Fsp3) is 0.828. The second-order valence-electron chi connectivity index (χ2n) is 8.55. The highest BCUT2D eigenvalue weighted by Crippen LogP contribution is 2.10. The van der Waals surface area contributed by atoms with Crippen molar-refractivity contribution in [3.8, 4) is 0 Å². The Balaban J connectivity index is -0.000000104. The molecule has 0 aromatic rings. The molecular formula is C29H74N6O8. The Morgan fingerprint density at radius 2 is 0.930 bits per heavy atom. The predicted octanol–water partition coefficient (Wildman–Crippen LogP) is 2.77. The fourth-order valence-corrected chi connectivity index (χ4v) is 3.13. The third-order valence-electron chi connectivity index (χ3n) is 4.92. The Bertz CT molecular complexity index is 540. The molecule has 0 bridgehead atoms. The van der Waals surface area contributed by atoms with Gasteiger partial charge in [0.1, 0.15) is 0 Å². The van der Waals surface area contributed by atoms with Crippen LogP contribution in [0.3, 0.4) is 0 Å². The van der Waals surface area contributed by atoms with Gasteiger partial charge in [-0.2, -0.15) is 0 Å². The second kappa shape index (κ2) is 59.3. The van der Waals surface area contributed by atoms with Gasteiger partial charge in [0, 0.05) is 12.4 Å². The summed E-state index contributed by atoms with van der Waals surface area (Å²) in [4.78, 5) is 33.1. The minimum Gasteiger partial charge on any atom is -0.855 e. The number of quaternary nitrogens is 5. The molecular weight excluding hydrogens is 560 g/mol. The fourth-order valence-electron chi connectivity index (χ4n) is 3.13. The molecule has 0 rings (SSSR count). The van der Waals surface area contributed by atoms with Gasteiger partial charge in [0.15, 0.2) is 0 Å². The number of rotatable bonds is 20. The van der Waals surface area contributed by atoms with Crippen LogP contribution in [0.25, 0.3) is 0 Å². The molecule has 0 aromatic carbocycles. The number of unbranched alkanes of at least 4 members (excludes halogenated alkanes) is 11. The van der Waals surface area contributed by atoms with Crippen molar-refractivity contribution in [2.45, 2.75) is 136 Å². The molecule has 0 aromatic heterocycles. The highest BCUT2D eigenvalue weighted by molar-refractivity contribution is 5.83. The SMILES string of the molecule is CCCCCCCC/C=C\CCCCCCCC(=O)N[C@@H](CCC(=O)[O-])C(=O)[O-].CC[O-].CC[O-].CC[O-].[NH4+].[NH4+].[NH4+].[NH4+].[NH4+]. The summed E-state index contributed by atoms with van der Waals surface area (Å²) < 4.78 is 0. The quantitative estimate of drug-likeness (QED) is 0.0851. The van der Waals surface area contributed by atoms with Gasteiger partial charge in [-0.25, -0.2) is 0 Å². The minimum absolute atomic E-state index is 0. The zero-order valence-corrected chi connectivity index (χ0v) is 29.4. The van der Waals surface area contributed by atoms with Crippen LogP contribution < -0.4 is 61.6 Å². The van der Waals surface area contributed by atoms with Crippen molar-refractivity contribution in [3.05, 3.63) is 12.2 Å². The van der Waals surface area contributed by atoms with E-state index in [-0.39, 0.29) is 69.3 Å². The largest absolute Gasteiger partial charge is 0.855 e. The van der Waals surface area contributed by atoms with Gasteiger partial charge in [-0.1, -0.05) is 91.2 Å². The monoisotopic (exact) mass is 635 g/mol. The number of hydrogen-bond acceptors (Lipinski definition) is 8. The second-order valence-corrected chi connectivity index (χ2v) is 8.55. The molecule has 268 valence electrons. The lowest BCUT2D eigenvalue weighted by atomic mass is 10.1. The number of hydrogen-bond donors (Lipinski definition) is 6. The molecule has 43 heavy (non-hydrogen) atoms. The van der Waals surface area contributed by atoms with Crippen LogP contribution in [0.1, 0.15) is 130 Å². The molecule has 14 nitrogen and oxygen atoms in total. The van der Waals surface area contributed by atoms with Crippen molar-refractivity contribution in [1.29, 1.82) is 0 Å². The number of carbonyl (C=O) groups is 3. The highest BCUT2D eigenvalue weighted by Gasteiger charge is 2.13. The first kappa shape index (κ1) is 63.9. The first-order valence-corrected chi connectivity index (χ1v) is 14.3. The number of carbonyl (C=O) groups excluding carboxylic acids is 3. The number of carboxylic acid groups (broad SMARTS) is 2. The lowest BCUT2D eigenvalue weighted by Crippen LogP contribution is -2.48. The molecule has 0 aliphatic heterocycles. The van der Waals surface area contributed by atoms with E-state index in [0.29, 0.717) is 6.42 Å². The van der Waals surface area contributed by atoms with Crippen molar-refractivity contribution in [1.82, 2.24) is 36.1 Å². The molecule has 0 radical (unpaired) electrons. The van der Waals surface area contributed by atoms with Crippen molar-refractivity contribution in [3.63, 3.8) is 0 Å². The summed E-state index contributed by atoms with van der Waals surface area (Å²) in [6, 6.07) is -1.27. The molecule has 1 amide bonds. The topological polar surface area (TPSA) is 361 Å². The summed E-state index contributed by atoms with van der Waals surface area (Å²) in [5, 5.41) is 50.4. The third-order valence-corrected chi connectivity index (χ3v) is 4.92. The molecule has 1 atom stereocenters. The Labute approximate surface area is 262 Å². The Morgan fingerprint density at radius 1 is 0.581 bits per heavy atom. The van der Waals surface area contributed by atoms with E-state index in [1.54, 1.807) is 20.8 Å². The third kappa shape index (κ3) is 73.6. The smallest absolute Gasteiger partial charge is 0.220 e. The standard InChI is InChI=1S/C23H41NO5.3C2H5O.5H3N/c1-2-3-4-5-6-7-8-9-10-11-12-13-14-15-16-17-21(25)24-20(23(28)29)18-19-22(26)27;3*1-2-3;;;;;/h9-10,20H,2-8,11-19H2,1H3,(H,24,25)(H,26,27)(H,28,29);3*2H2,1H3;5*1H3/q;3*-1;;;;;/p+3/b10-9-;;;;;;;;/t20-;;;;;;;;/m0......../s1. The summed E-state index contributed by atoms with van der Waals surface area (Å²) in [6.45, 7) is 6.94. The van der Waals surface area contributed by atoms with Crippen LogP contribution in [-0.2, 0) is 14.4 Å². The zero-order valence-electron chi connectivity index (χ0n) is 29.4. The summed E-state index contributed by atoms with van der Waals surface area (Å²) in [5.74, 6) is -3.19. The number of nitrogens with one attached hydrogen (secondary N) is 1. The maximum absolute atomic E-state index is 11.8. The molecule has 0 unspecified atom stereocenters. The van der Waals surface area contributed by atoms with Crippen LogP contribution in [0.5, 0.6) is 0 Å². The first-order valence-electron chi connectivity index (χ1n) is 14.3.